The number of halogens is 4. The van der Waals surface area contributed by atoms with Crippen LogP contribution in [0.5, 0.6) is 0 Å². The van der Waals surface area contributed by atoms with Crippen LogP contribution in [-0.4, -0.2) is 4.98 Å². The van der Waals surface area contributed by atoms with E-state index in [1.807, 2.05) is 0 Å². The van der Waals surface area contributed by atoms with Crippen LogP contribution in [0.25, 0.3) is 0 Å². The lowest BCUT2D eigenvalue weighted by molar-refractivity contribution is 0.150. The molecule has 1 heterocycles. The van der Waals surface area contributed by atoms with Gasteiger partial charge in [-0.3, -0.25) is 4.98 Å². The molecule has 15 heavy (non-hydrogen) atoms. The lowest BCUT2D eigenvalue weighted by atomic mass is 10.0. The lowest BCUT2D eigenvalue weighted by Gasteiger charge is -2.11. The zero-order valence-corrected chi connectivity index (χ0v) is 8.99. The van der Waals surface area contributed by atoms with E-state index < -0.39 is 6.43 Å². The van der Waals surface area contributed by atoms with Gasteiger partial charge in [-0.1, -0.05) is 11.6 Å². The maximum atomic E-state index is 12.7. The molecule has 2 nitrogen and oxygen atoms in total. The van der Waals surface area contributed by atoms with E-state index >= 15 is 0 Å². The van der Waals surface area contributed by atoms with Gasteiger partial charge in [0.1, 0.15) is 0 Å². The van der Waals surface area contributed by atoms with E-state index in [1.54, 1.807) is 6.07 Å². The van der Waals surface area contributed by atoms with Crippen molar-refractivity contribution in [3.8, 4) is 6.07 Å². The average Bonchev–Trinajstić information content (AvgIpc) is 2.18. The highest BCUT2D eigenvalue weighted by Crippen LogP contribution is 2.31. The van der Waals surface area contributed by atoms with Crippen LogP contribution in [0.2, 0.25) is 5.02 Å². The molecule has 0 saturated heterocycles. The minimum Gasteiger partial charge on any atom is -0.258 e. The molecule has 0 unspecified atom stereocenters. The molecule has 0 aliphatic heterocycles. The molecule has 0 spiro atoms. The number of aromatic nitrogens is 1. The summed E-state index contributed by atoms with van der Waals surface area (Å²) in [4.78, 5) is 3.81. The molecule has 0 amide bonds. The van der Waals surface area contributed by atoms with Gasteiger partial charge in [0.25, 0.3) is 6.43 Å². The number of alkyl halides is 3. The van der Waals surface area contributed by atoms with Crippen molar-refractivity contribution in [1.82, 2.24) is 4.98 Å². The Morgan fingerprint density at radius 1 is 1.53 bits per heavy atom. The molecule has 6 heteroatoms. The molecule has 0 radical (unpaired) electrons. The van der Waals surface area contributed by atoms with Crippen LogP contribution in [0.3, 0.4) is 0 Å². The summed E-state index contributed by atoms with van der Waals surface area (Å²) in [6, 6.07) is 1.79. The molecule has 0 aromatic carbocycles. The third kappa shape index (κ3) is 2.55. The highest BCUT2D eigenvalue weighted by atomic mass is 35.5. The van der Waals surface area contributed by atoms with Gasteiger partial charge >= 0.3 is 0 Å². The first-order valence-electron chi connectivity index (χ1n) is 3.99. The third-order valence-corrected chi connectivity index (χ3v) is 2.42. The van der Waals surface area contributed by atoms with Gasteiger partial charge in [-0.25, -0.2) is 8.78 Å². The largest absolute Gasteiger partial charge is 0.265 e. The minimum absolute atomic E-state index is 0.0199. The van der Waals surface area contributed by atoms with Crippen molar-refractivity contribution in [1.29, 1.82) is 5.26 Å². The number of nitrogens with zero attached hydrogens (tertiary/aromatic N) is 2. The van der Waals surface area contributed by atoms with Gasteiger partial charge in [-0.15, -0.1) is 11.6 Å². The first-order chi connectivity index (χ1) is 7.11. The second kappa shape index (κ2) is 5.24. The van der Waals surface area contributed by atoms with Gasteiger partial charge in [0, 0.05) is 11.8 Å². The smallest absolute Gasteiger partial charge is 0.258 e. The molecule has 1 aromatic heterocycles. The monoisotopic (exact) mass is 250 g/mol. The molecule has 0 saturated carbocycles. The second-order valence-corrected chi connectivity index (χ2v) is 3.39. The first-order valence-corrected chi connectivity index (χ1v) is 4.90. The molecule has 0 aliphatic rings. The van der Waals surface area contributed by atoms with Crippen molar-refractivity contribution in [3.05, 3.63) is 28.0 Å². The summed E-state index contributed by atoms with van der Waals surface area (Å²) in [5.74, 6) is -0.0199. The standard InChI is InChI=1S/C9H6Cl2F2N2/c10-3-7-5(1-2-14)8(9(12)13)6(11)4-15-7/h4,9H,1,3H2. The normalized spacial score (nSPS) is 10.4. The van der Waals surface area contributed by atoms with E-state index in [0.717, 1.165) is 6.20 Å². The molecular formula is C9H6Cl2F2N2. The van der Waals surface area contributed by atoms with E-state index in [-0.39, 0.29) is 34.1 Å². The van der Waals surface area contributed by atoms with E-state index in [9.17, 15) is 8.78 Å². The summed E-state index contributed by atoms with van der Waals surface area (Å²) >= 11 is 11.1. The fraction of sp³-hybridized carbons (Fsp3) is 0.333. The van der Waals surface area contributed by atoms with E-state index in [0.29, 0.717) is 0 Å². The SMILES string of the molecule is N#CCc1c(CCl)ncc(Cl)c1C(F)F. The van der Waals surface area contributed by atoms with Crippen LogP contribution in [0.1, 0.15) is 23.2 Å². The summed E-state index contributed by atoms with van der Waals surface area (Å²) in [6.07, 6.45) is -1.78. The zero-order chi connectivity index (χ0) is 11.4. The predicted molar refractivity (Wildman–Crippen MR) is 53.1 cm³/mol. The van der Waals surface area contributed by atoms with Gasteiger partial charge < -0.3 is 0 Å². The van der Waals surface area contributed by atoms with Crippen molar-refractivity contribution in [2.45, 2.75) is 18.7 Å². The Labute approximate surface area is 95.4 Å². The van der Waals surface area contributed by atoms with Crippen molar-refractivity contribution < 1.29 is 8.78 Å². The Balaban J connectivity index is 3.38. The molecule has 0 fully saturated rings. The van der Waals surface area contributed by atoms with Crippen molar-refractivity contribution >= 4 is 23.2 Å². The van der Waals surface area contributed by atoms with Crippen LogP contribution >= 0.6 is 23.2 Å². The molecule has 1 rings (SSSR count). The lowest BCUT2D eigenvalue weighted by Crippen LogP contribution is -2.02. The Morgan fingerprint density at radius 3 is 2.67 bits per heavy atom. The number of hydrogen-bond donors (Lipinski definition) is 0. The van der Waals surface area contributed by atoms with E-state index in [4.69, 9.17) is 28.5 Å². The number of nitriles is 1. The van der Waals surface area contributed by atoms with Crippen molar-refractivity contribution in [2.24, 2.45) is 0 Å². The summed E-state index contributed by atoms with van der Waals surface area (Å²) < 4.78 is 25.3. The van der Waals surface area contributed by atoms with E-state index in [1.165, 1.54) is 0 Å². The van der Waals surface area contributed by atoms with Gasteiger partial charge in [-0.05, 0) is 5.56 Å². The highest BCUT2D eigenvalue weighted by molar-refractivity contribution is 6.31. The summed E-state index contributed by atoms with van der Waals surface area (Å²) in [5.41, 5.74) is 0.0665. The van der Waals surface area contributed by atoms with Gasteiger partial charge in [0.05, 0.1) is 29.1 Å². The van der Waals surface area contributed by atoms with Gasteiger partial charge in [-0.2, -0.15) is 5.26 Å². The van der Waals surface area contributed by atoms with Crippen LogP contribution in [0, 0.1) is 11.3 Å². The van der Waals surface area contributed by atoms with Crippen molar-refractivity contribution in [3.63, 3.8) is 0 Å². The summed E-state index contributed by atoms with van der Waals surface area (Å²) in [6.45, 7) is 0. The molecule has 0 N–H and O–H groups in total. The Bertz CT molecular complexity index is 402. The average molecular weight is 251 g/mol. The van der Waals surface area contributed by atoms with Crippen molar-refractivity contribution in [2.75, 3.05) is 0 Å². The first kappa shape index (κ1) is 12.2. The predicted octanol–water partition coefficient (Wildman–Crippen LogP) is 3.48. The minimum atomic E-state index is -2.73. The van der Waals surface area contributed by atoms with Crippen LogP contribution in [0.15, 0.2) is 6.20 Å². The summed E-state index contributed by atoms with van der Waals surface area (Å²) in [5, 5.41) is 8.39. The van der Waals surface area contributed by atoms with Gasteiger partial charge in [0.2, 0.25) is 0 Å². The quantitative estimate of drug-likeness (QED) is 0.771. The number of rotatable bonds is 3. The second-order valence-electron chi connectivity index (χ2n) is 2.71. The fourth-order valence-corrected chi connectivity index (χ4v) is 1.68. The molecule has 0 atom stereocenters. The Morgan fingerprint density at radius 2 is 2.20 bits per heavy atom. The molecule has 1 aromatic rings. The fourth-order valence-electron chi connectivity index (χ4n) is 1.21. The van der Waals surface area contributed by atoms with Crippen LogP contribution < -0.4 is 0 Å². The maximum absolute atomic E-state index is 12.7. The summed E-state index contributed by atoms with van der Waals surface area (Å²) in [7, 11) is 0. The maximum Gasteiger partial charge on any atom is 0.265 e. The van der Waals surface area contributed by atoms with Crippen LogP contribution in [0.4, 0.5) is 8.78 Å². The Kier molecular flexibility index (Phi) is 4.25. The molecule has 0 bridgehead atoms. The topological polar surface area (TPSA) is 36.7 Å². The third-order valence-electron chi connectivity index (χ3n) is 1.87. The molecule has 80 valence electrons. The molecular weight excluding hydrogens is 245 g/mol. The zero-order valence-electron chi connectivity index (χ0n) is 7.48. The molecule has 0 aliphatic carbocycles. The number of pyridine rings is 1. The van der Waals surface area contributed by atoms with Crippen LogP contribution in [-0.2, 0) is 12.3 Å². The highest BCUT2D eigenvalue weighted by Gasteiger charge is 2.20. The number of hydrogen-bond acceptors (Lipinski definition) is 2. The van der Waals surface area contributed by atoms with Gasteiger partial charge in [0.15, 0.2) is 0 Å². The van der Waals surface area contributed by atoms with E-state index in [2.05, 4.69) is 4.98 Å². The Hall–Kier alpha value is -0.920.